The van der Waals surface area contributed by atoms with Crippen molar-refractivity contribution < 1.29 is 28.6 Å². The van der Waals surface area contributed by atoms with Crippen LogP contribution in [0.4, 0.5) is 0 Å². The van der Waals surface area contributed by atoms with Gasteiger partial charge in [0.05, 0.1) is 0 Å². The molecular formula is C54H104O6. The molecule has 0 saturated heterocycles. The summed E-state index contributed by atoms with van der Waals surface area (Å²) in [6.45, 7) is 11.4. The first-order chi connectivity index (χ1) is 29.2. The summed E-state index contributed by atoms with van der Waals surface area (Å²) < 4.78 is 16.8. The number of hydrogen-bond acceptors (Lipinski definition) is 6. The van der Waals surface area contributed by atoms with E-state index < -0.39 is 6.10 Å². The van der Waals surface area contributed by atoms with Crippen molar-refractivity contribution in [3.8, 4) is 0 Å². The smallest absolute Gasteiger partial charge is 0.306 e. The van der Waals surface area contributed by atoms with E-state index in [0.717, 1.165) is 69.6 Å². The fourth-order valence-corrected chi connectivity index (χ4v) is 8.17. The molecule has 0 aromatic heterocycles. The Labute approximate surface area is 374 Å². The van der Waals surface area contributed by atoms with Crippen LogP contribution in [0.2, 0.25) is 0 Å². The molecule has 0 saturated carbocycles. The van der Waals surface area contributed by atoms with Crippen molar-refractivity contribution in [2.24, 2.45) is 11.8 Å². The molecule has 60 heavy (non-hydrogen) atoms. The number of hydrogen-bond donors (Lipinski definition) is 0. The monoisotopic (exact) mass is 849 g/mol. The van der Waals surface area contributed by atoms with E-state index in [9.17, 15) is 14.4 Å². The molecule has 0 N–H and O–H groups in total. The molecule has 6 heteroatoms. The molecule has 0 fully saturated rings. The van der Waals surface area contributed by atoms with Crippen LogP contribution in [0.3, 0.4) is 0 Å². The molecule has 1 atom stereocenters. The molecule has 0 aliphatic carbocycles. The molecule has 0 spiro atoms. The quantitative estimate of drug-likeness (QED) is 0.0345. The highest BCUT2D eigenvalue weighted by molar-refractivity contribution is 5.71. The van der Waals surface area contributed by atoms with Gasteiger partial charge in [-0.15, -0.1) is 0 Å². The van der Waals surface area contributed by atoms with Crippen LogP contribution in [-0.4, -0.2) is 37.2 Å². The van der Waals surface area contributed by atoms with Gasteiger partial charge in [-0.25, -0.2) is 0 Å². The summed E-state index contributed by atoms with van der Waals surface area (Å²) in [5.74, 6) is 0.789. The zero-order chi connectivity index (χ0) is 44.0. The normalized spacial score (nSPS) is 12.1. The summed E-state index contributed by atoms with van der Waals surface area (Å²) in [5, 5.41) is 0. The van der Waals surface area contributed by atoms with Crippen LogP contribution in [0.5, 0.6) is 0 Å². The average molecular weight is 849 g/mol. The molecule has 0 heterocycles. The zero-order valence-corrected chi connectivity index (χ0v) is 41.1. The summed E-state index contributed by atoms with van der Waals surface area (Å²) in [6, 6.07) is 0. The fourth-order valence-electron chi connectivity index (χ4n) is 8.17. The Morgan fingerprint density at radius 1 is 0.317 bits per heavy atom. The summed E-state index contributed by atoms with van der Waals surface area (Å²) in [5.41, 5.74) is 0. The predicted molar refractivity (Wildman–Crippen MR) is 256 cm³/mol. The van der Waals surface area contributed by atoms with Gasteiger partial charge in [0, 0.05) is 19.3 Å². The molecule has 0 aromatic rings. The van der Waals surface area contributed by atoms with Gasteiger partial charge in [0.15, 0.2) is 6.10 Å². The number of carbonyl (C=O) groups is 3. The third kappa shape index (κ3) is 47.5. The third-order valence-electron chi connectivity index (χ3n) is 12.2. The van der Waals surface area contributed by atoms with Gasteiger partial charge in [-0.1, -0.05) is 259 Å². The van der Waals surface area contributed by atoms with Crippen LogP contribution < -0.4 is 0 Å². The lowest BCUT2D eigenvalue weighted by Gasteiger charge is -2.18. The van der Waals surface area contributed by atoms with Crippen molar-refractivity contribution in [1.29, 1.82) is 0 Å². The van der Waals surface area contributed by atoms with Gasteiger partial charge in [0.1, 0.15) is 13.2 Å². The van der Waals surface area contributed by atoms with Crippen LogP contribution in [0.15, 0.2) is 0 Å². The van der Waals surface area contributed by atoms with Crippen molar-refractivity contribution >= 4 is 17.9 Å². The SMILES string of the molecule is CCCCCCCCCCCCCCCCCC(=O)O[C@@H](COC(=O)CCCCCCCCCCCCCCCC(C)C)COC(=O)CCCCCCCCCCC(C)C. The fraction of sp³-hybridized carbons (Fsp3) is 0.944. The van der Waals surface area contributed by atoms with Crippen LogP contribution in [0.25, 0.3) is 0 Å². The lowest BCUT2D eigenvalue weighted by molar-refractivity contribution is -0.167. The van der Waals surface area contributed by atoms with Gasteiger partial charge in [-0.3, -0.25) is 14.4 Å². The van der Waals surface area contributed by atoms with Gasteiger partial charge in [-0.2, -0.15) is 0 Å². The molecule has 6 nitrogen and oxygen atoms in total. The van der Waals surface area contributed by atoms with Crippen LogP contribution >= 0.6 is 0 Å². The third-order valence-corrected chi connectivity index (χ3v) is 12.2. The lowest BCUT2D eigenvalue weighted by Crippen LogP contribution is -2.30. The second-order valence-corrected chi connectivity index (χ2v) is 19.5. The van der Waals surface area contributed by atoms with Crippen molar-refractivity contribution in [1.82, 2.24) is 0 Å². The second-order valence-electron chi connectivity index (χ2n) is 19.5. The maximum absolute atomic E-state index is 12.8. The van der Waals surface area contributed by atoms with E-state index in [0.29, 0.717) is 19.3 Å². The minimum atomic E-state index is -0.762. The number of rotatable bonds is 48. The maximum atomic E-state index is 12.8. The standard InChI is InChI=1S/C54H104O6/c1-6-7-8-9-10-11-12-13-14-17-21-24-31-36-41-46-54(57)60-51(48-59-53(56)45-40-35-30-26-25-28-33-38-43-50(4)5)47-58-52(55)44-39-34-29-23-20-18-15-16-19-22-27-32-37-42-49(2)3/h49-51H,6-48H2,1-5H3/t51-/m0/s1. The van der Waals surface area contributed by atoms with Crippen molar-refractivity contribution in [3.63, 3.8) is 0 Å². The number of esters is 3. The lowest BCUT2D eigenvalue weighted by atomic mass is 10.0. The molecular weight excluding hydrogens is 745 g/mol. The molecule has 0 aliphatic heterocycles. The molecule has 0 unspecified atom stereocenters. The van der Waals surface area contributed by atoms with Crippen molar-refractivity contribution in [2.75, 3.05) is 13.2 Å². The van der Waals surface area contributed by atoms with E-state index in [1.807, 2.05) is 0 Å². The van der Waals surface area contributed by atoms with Crippen LogP contribution in [0, 0.1) is 11.8 Å². The predicted octanol–water partition coefficient (Wildman–Crippen LogP) is 17.3. The number of ether oxygens (including phenoxy) is 3. The van der Waals surface area contributed by atoms with Crippen molar-refractivity contribution in [2.45, 2.75) is 304 Å². The molecule has 0 rings (SSSR count). The summed E-state index contributed by atoms with van der Waals surface area (Å²) >= 11 is 0. The van der Waals surface area contributed by atoms with Gasteiger partial charge in [-0.05, 0) is 31.1 Å². The average Bonchev–Trinajstić information content (AvgIpc) is 3.22. The molecule has 0 bridgehead atoms. The summed E-state index contributed by atoms with van der Waals surface area (Å²) in [6.07, 6.45) is 48.1. The molecule has 0 amide bonds. The maximum Gasteiger partial charge on any atom is 0.306 e. The van der Waals surface area contributed by atoms with Gasteiger partial charge in [0.2, 0.25) is 0 Å². The number of carbonyl (C=O) groups excluding carboxylic acids is 3. The van der Waals surface area contributed by atoms with Gasteiger partial charge < -0.3 is 14.2 Å². The molecule has 0 aromatic carbocycles. The Bertz CT molecular complexity index is 916. The molecule has 0 radical (unpaired) electrons. The summed E-state index contributed by atoms with van der Waals surface area (Å²) in [4.78, 5) is 38.0. The van der Waals surface area contributed by atoms with E-state index in [-0.39, 0.29) is 31.1 Å². The highest BCUT2D eigenvalue weighted by Crippen LogP contribution is 2.17. The van der Waals surface area contributed by atoms with E-state index in [2.05, 4.69) is 34.6 Å². The van der Waals surface area contributed by atoms with Gasteiger partial charge >= 0.3 is 17.9 Å². The summed E-state index contributed by atoms with van der Waals surface area (Å²) in [7, 11) is 0. The first kappa shape index (κ1) is 58.4. The van der Waals surface area contributed by atoms with Crippen LogP contribution in [-0.2, 0) is 28.6 Å². The van der Waals surface area contributed by atoms with Crippen molar-refractivity contribution in [3.05, 3.63) is 0 Å². The Kier molecular flexibility index (Phi) is 45.7. The Morgan fingerprint density at radius 3 is 0.817 bits per heavy atom. The van der Waals surface area contributed by atoms with E-state index >= 15 is 0 Å². The minimum absolute atomic E-state index is 0.0637. The highest BCUT2D eigenvalue weighted by Gasteiger charge is 2.19. The second kappa shape index (κ2) is 46.9. The zero-order valence-electron chi connectivity index (χ0n) is 41.1. The van der Waals surface area contributed by atoms with E-state index in [1.165, 1.54) is 186 Å². The Hall–Kier alpha value is -1.59. The largest absolute Gasteiger partial charge is 0.462 e. The molecule has 356 valence electrons. The topological polar surface area (TPSA) is 78.9 Å². The first-order valence-corrected chi connectivity index (χ1v) is 26.7. The van der Waals surface area contributed by atoms with E-state index in [4.69, 9.17) is 14.2 Å². The van der Waals surface area contributed by atoms with Gasteiger partial charge in [0.25, 0.3) is 0 Å². The number of unbranched alkanes of at least 4 members (excludes halogenated alkanes) is 33. The minimum Gasteiger partial charge on any atom is -0.462 e. The Balaban J connectivity index is 4.29. The molecule has 0 aliphatic rings. The highest BCUT2D eigenvalue weighted by atomic mass is 16.6. The van der Waals surface area contributed by atoms with Crippen LogP contribution in [0.1, 0.15) is 298 Å². The Morgan fingerprint density at radius 2 is 0.550 bits per heavy atom. The first-order valence-electron chi connectivity index (χ1n) is 26.7. The van der Waals surface area contributed by atoms with E-state index in [1.54, 1.807) is 0 Å².